The highest BCUT2D eigenvalue weighted by atomic mass is 16.3. The maximum Gasteiger partial charge on any atom is 0.287 e. The second-order valence-electron chi connectivity index (χ2n) is 5.59. The number of carbonyl (C=O) groups is 1. The molecule has 1 saturated heterocycles. The van der Waals surface area contributed by atoms with E-state index in [1.54, 1.807) is 6.26 Å². The number of carbonyl (C=O) groups excluding carboxylic acids is 1. The first-order valence-corrected chi connectivity index (χ1v) is 6.79. The molecule has 0 aromatic carbocycles. The lowest BCUT2D eigenvalue weighted by Gasteiger charge is -2.31. The third-order valence-corrected chi connectivity index (χ3v) is 4.36. The van der Waals surface area contributed by atoms with Gasteiger partial charge in [-0.05, 0) is 57.2 Å². The van der Waals surface area contributed by atoms with Gasteiger partial charge in [0.2, 0.25) is 0 Å². The van der Waals surface area contributed by atoms with Crippen LogP contribution in [0.15, 0.2) is 16.7 Å². The van der Waals surface area contributed by atoms with Gasteiger partial charge < -0.3 is 15.1 Å². The second-order valence-corrected chi connectivity index (χ2v) is 5.59. The van der Waals surface area contributed by atoms with Crippen molar-refractivity contribution in [3.8, 4) is 0 Å². The van der Waals surface area contributed by atoms with Crippen LogP contribution in [-0.2, 0) is 0 Å². The Hall–Kier alpha value is -1.29. The minimum absolute atomic E-state index is 0.0630. The van der Waals surface area contributed by atoms with E-state index in [1.807, 2.05) is 13.0 Å². The van der Waals surface area contributed by atoms with Crippen LogP contribution < -0.4 is 10.6 Å². The third kappa shape index (κ3) is 2.17. The zero-order chi connectivity index (χ0) is 12.5. The summed E-state index contributed by atoms with van der Waals surface area (Å²) in [5, 5.41) is 6.56. The number of rotatable bonds is 2. The summed E-state index contributed by atoms with van der Waals surface area (Å²) in [6.45, 7) is 4.16. The first-order valence-electron chi connectivity index (χ1n) is 6.79. The molecule has 1 unspecified atom stereocenters. The lowest BCUT2D eigenvalue weighted by Crippen LogP contribution is -2.40. The average Bonchev–Trinajstić information content (AvgIpc) is 2.96. The molecule has 4 heteroatoms. The van der Waals surface area contributed by atoms with E-state index in [1.165, 1.54) is 6.42 Å². The van der Waals surface area contributed by atoms with Gasteiger partial charge in [-0.15, -0.1) is 0 Å². The van der Waals surface area contributed by atoms with Crippen molar-refractivity contribution in [2.75, 3.05) is 13.1 Å². The highest BCUT2D eigenvalue weighted by molar-refractivity contribution is 5.92. The van der Waals surface area contributed by atoms with Gasteiger partial charge in [0.25, 0.3) is 5.91 Å². The average molecular weight is 248 g/mol. The minimum Gasteiger partial charge on any atom is -0.459 e. The van der Waals surface area contributed by atoms with Crippen LogP contribution in [0.3, 0.4) is 0 Å². The largest absolute Gasteiger partial charge is 0.459 e. The lowest BCUT2D eigenvalue weighted by molar-refractivity contribution is 0.0884. The molecular formula is C14H20N2O2. The molecule has 3 rings (SSSR count). The van der Waals surface area contributed by atoms with Crippen LogP contribution in [0.4, 0.5) is 0 Å². The van der Waals surface area contributed by atoms with E-state index < -0.39 is 0 Å². The predicted octanol–water partition coefficient (Wildman–Crippen LogP) is 1.71. The van der Waals surface area contributed by atoms with Gasteiger partial charge in [-0.2, -0.15) is 0 Å². The van der Waals surface area contributed by atoms with Gasteiger partial charge in [0.15, 0.2) is 5.76 Å². The standard InChI is InChI=1S/C14H20N2O2/c1-9-4-5-18-13(9)14(17)16-12-3-2-10-7-15-8-11(10)6-12/h4-5,10-12,15H,2-3,6-8H2,1H3,(H,16,17)/t10-,11+,12?/m0/s1. The number of hydrogen-bond donors (Lipinski definition) is 2. The number of nitrogens with one attached hydrogen (secondary N) is 2. The molecule has 1 saturated carbocycles. The molecule has 2 fully saturated rings. The van der Waals surface area contributed by atoms with Gasteiger partial charge in [-0.25, -0.2) is 0 Å². The quantitative estimate of drug-likeness (QED) is 0.837. The van der Waals surface area contributed by atoms with E-state index in [0.717, 1.165) is 43.3 Å². The molecule has 2 heterocycles. The minimum atomic E-state index is -0.0630. The summed E-state index contributed by atoms with van der Waals surface area (Å²) in [5.41, 5.74) is 0.906. The Kier molecular flexibility index (Phi) is 3.12. The van der Waals surface area contributed by atoms with Crippen LogP contribution in [0.5, 0.6) is 0 Å². The molecule has 4 nitrogen and oxygen atoms in total. The fourth-order valence-corrected chi connectivity index (χ4v) is 3.29. The molecule has 1 aromatic heterocycles. The van der Waals surface area contributed by atoms with E-state index in [2.05, 4.69) is 10.6 Å². The molecule has 18 heavy (non-hydrogen) atoms. The van der Waals surface area contributed by atoms with Crippen LogP contribution in [0.2, 0.25) is 0 Å². The van der Waals surface area contributed by atoms with Gasteiger partial charge >= 0.3 is 0 Å². The summed E-state index contributed by atoms with van der Waals surface area (Å²) >= 11 is 0. The zero-order valence-electron chi connectivity index (χ0n) is 10.7. The Bertz CT molecular complexity index is 441. The Morgan fingerprint density at radius 1 is 1.39 bits per heavy atom. The molecule has 1 aromatic rings. The number of aryl methyl sites for hydroxylation is 1. The lowest BCUT2D eigenvalue weighted by atomic mass is 9.79. The van der Waals surface area contributed by atoms with Crippen LogP contribution in [0.1, 0.15) is 35.4 Å². The van der Waals surface area contributed by atoms with Gasteiger partial charge in [-0.3, -0.25) is 4.79 Å². The fourth-order valence-electron chi connectivity index (χ4n) is 3.29. The van der Waals surface area contributed by atoms with Gasteiger partial charge in [-0.1, -0.05) is 0 Å². The predicted molar refractivity (Wildman–Crippen MR) is 68.4 cm³/mol. The van der Waals surface area contributed by atoms with Crippen LogP contribution in [0.25, 0.3) is 0 Å². The maximum atomic E-state index is 12.1. The van der Waals surface area contributed by atoms with Gasteiger partial charge in [0.05, 0.1) is 6.26 Å². The van der Waals surface area contributed by atoms with Gasteiger partial charge in [0, 0.05) is 11.6 Å². The molecule has 98 valence electrons. The molecule has 3 atom stereocenters. The Morgan fingerprint density at radius 3 is 3.00 bits per heavy atom. The number of fused-ring (bicyclic) bond motifs is 1. The summed E-state index contributed by atoms with van der Waals surface area (Å²) in [4.78, 5) is 12.1. The summed E-state index contributed by atoms with van der Waals surface area (Å²) < 4.78 is 5.23. The monoisotopic (exact) mass is 248 g/mol. The molecule has 0 bridgehead atoms. The second kappa shape index (κ2) is 4.76. The van der Waals surface area contributed by atoms with Crippen molar-refractivity contribution < 1.29 is 9.21 Å². The zero-order valence-corrected chi connectivity index (χ0v) is 10.7. The van der Waals surface area contributed by atoms with E-state index in [-0.39, 0.29) is 5.91 Å². The number of furan rings is 1. The summed E-state index contributed by atoms with van der Waals surface area (Å²) in [7, 11) is 0. The topological polar surface area (TPSA) is 54.3 Å². The van der Waals surface area contributed by atoms with E-state index in [9.17, 15) is 4.79 Å². The van der Waals surface area contributed by atoms with Crippen LogP contribution in [-0.4, -0.2) is 25.0 Å². The fraction of sp³-hybridized carbons (Fsp3) is 0.643. The van der Waals surface area contributed by atoms with Crippen molar-refractivity contribution in [1.82, 2.24) is 10.6 Å². The molecule has 1 amide bonds. The number of hydrogen-bond acceptors (Lipinski definition) is 3. The van der Waals surface area contributed by atoms with E-state index in [4.69, 9.17) is 4.42 Å². The van der Waals surface area contributed by atoms with Crippen molar-refractivity contribution in [1.29, 1.82) is 0 Å². The van der Waals surface area contributed by atoms with Crippen molar-refractivity contribution >= 4 is 5.91 Å². The van der Waals surface area contributed by atoms with Crippen LogP contribution in [0, 0.1) is 18.8 Å². The van der Waals surface area contributed by atoms with Gasteiger partial charge in [0.1, 0.15) is 0 Å². The molecule has 2 aliphatic rings. The Balaban J connectivity index is 1.60. The molecule has 0 radical (unpaired) electrons. The number of amides is 1. The van der Waals surface area contributed by atoms with Crippen LogP contribution >= 0.6 is 0 Å². The highest BCUT2D eigenvalue weighted by Crippen LogP contribution is 2.32. The molecular weight excluding hydrogens is 228 g/mol. The smallest absolute Gasteiger partial charge is 0.287 e. The third-order valence-electron chi connectivity index (χ3n) is 4.36. The SMILES string of the molecule is Cc1ccoc1C(=O)NC1CC[C@H]2CNC[C@H]2C1. The normalized spacial score (nSPS) is 31.1. The van der Waals surface area contributed by atoms with Crippen molar-refractivity contribution in [2.24, 2.45) is 11.8 Å². The summed E-state index contributed by atoms with van der Waals surface area (Å²) in [5.74, 6) is 1.96. The summed E-state index contributed by atoms with van der Waals surface area (Å²) in [6.07, 6.45) is 4.99. The summed E-state index contributed by atoms with van der Waals surface area (Å²) in [6, 6.07) is 2.13. The molecule has 1 aliphatic heterocycles. The molecule has 2 N–H and O–H groups in total. The van der Waals surface area contributed by atoms with E-state index >= 15 is 0 Å². The first kappa shape index (κ1) is 11.8. The van der Waals surface area contributed by atoms with Crippen molar-refractivity contribution in [3.63, 3.8) is 0 Å². The first-order chi connectivity index (χ1) is 8.74. The molecule has 1 aliphatic carbocycles. The Labute approximate surface area is 107 Å². The highest BCUT2D eigenvalue weighted by Gasteiger charge is 2.34. The van der Waals surface area contributed by atoms with Crippen molar-refractivity contribution in [3.05, 3.63) is 23.7 Å². The Morgan fingerprint density at radius 2 is 2.22 bits per heavy atom. The molecule has 0 spiro atoms. The van der Waals surface area contributed by atoms with Crippen molar-refractivity contribution in [2.45, 2.75) is 32.2 Å². The maximum absolute atomic E-state index is 12.1. The van der Waals surface area contributed by atoms with E-state index in [0.29, 0.717) is 11.8 Å².